The number of carbonyl (C=O) groups excluding carboxylic acids is 2. The van der Waals surface area contributed by atoms with Crippen molar-refractivity contribution in [1.29, 1.82) is 0 Å². The third-order valence-corrected chi connectivity index (χ3v) is 7.49. The number of aryl methyl sites for hydroxylation is 2. The Balaban J connectivity index is 1.48. The summed E-state index contributed by atoms with van der Waals surface area (Å²) >= 11 is 0. The summed E-state index contributed by atoms with van der Waals surface area (Å²) in [4.78, 5) is 33.1. The second-order valence-corrected chi connectivity index (χ2v) is 8.96. The van der Waals surface area contributed by atoms with Crippen LogP contribution in [-0.2, 0) is 29.1 Å². The SMILES string of the molecule is CCn1ncc(CNC(=O)[C@@]2(CC)C[C@H]3CC[C@@H]2N3C(=O)Cc2ncccc2C)c1C. The van der Waals surface area contributed by atoms with Crippen LogP contribution < -0.4 is 5.32 Å². The zero-order valence-corrected chi connectivity index (χ0v) is 19.0. The van der Waals surface area contributed by atoms with E-state index in [1.165, 1.54) is 0 Å². The van der Waals surface area contributed by atoms with Gasteiger partial charge in [-0.2, -0.15) is 5.10 Å². The fourth-order valence-corrected chi connectivity index (χ4v) is 5.61. The molecular formula is C24H33N5O2. The van der Waals surface area contributed by atoms with Crippen LogP contribution in [0.15, 0.2) is 24.5 Å². The monoisotopic (exact) mass is 423 g/mol. The van der Waals surface area contributed by atoms with E-state index in [4.69, 9.17) is 0 Å². The lowest BCUT2D eigenvalue weighted by molar-refractivity contribution is -0.136. The largest absolute Gasteiger partial charge is 0.351 e. The summed E-state index contributed by atoms with van der Waals surface area (Å²) in [5.41, 5.74) is 3.48. The first kappa shape index (κ1) is 21.5. The van der Waals surface area contributed by atoms with Crippen molar-refractivity contribution < 1.29 is 9.59 Å². The first-order valence-electron chi connectivity index (χ1n) is 11.4. The van der Waals surface area contributed by atoms with Crippen LogP contribution in [0.4, 0.5) is 0 Å². The fourth-order valence-electron chi connectivity index (χ4n) is 5.61. The van der Waals surface area contributed by atoms with Crippen LogP contribution in [0, 0.1) is 19.3 Å². The van der Waals surface area contributed by atoms with Gasteiger partial charge >= 0.3 is 0 Å². The minimum Gasteiger partial charge on any atom is -0.351 e. The molecule has 2 amide bonds. The Labute approximate surface area is 184 Å². The third kappa shape index (κ3) is 3.64. The van der Waals surface area contributed by atoms with Crippen LogP contribution >= 0.6 is 0 Å². The lowest BCUT2D eigenvalue weighted by Gasteiger charge is -2.35. The molecule has 31 heavy (non-hydrogen) atoms. The first-order chi connectivity index (χ1) is 14.9. The van der Waals surface area contributed by atoms with Crippen LogP contribution in [0.5, 0.6) is 0 Å². The summed E-state index contributed by atoms with van der Waals surface area (Å²) in [6.07, 6.45) is 7.24. The van der Waals surface area contributed by atoms with Crippen molar-refractivity contribution in [3.8, 4) is 0 Å². The predicted octanol–water partition coefficient (Wildman–Crippen LogP) is 2.93. The molecular weight excluding hydrogens is 390 g/mol. The molecule has 2 bridgehead atoms. The van der Waals surface area contributed by atoms with Gasteiger partial charge in [-0.15, -0.1) is 0 Å². The van der Waals surface area contributed by atoms with E-state index >= 15 is 0 Å². The molecule has 0 saturated carbocycles. The predicted molar refractivity (Wildman–Crippen MR) is 118 cm³/mol. The van der Waals surface area contributed by atoms with Gasteiger partial charge in [-0.05, 0) is 58.1 Å². The Morgan fingerprint density at radius 3 is 2.74 bits per heavy atom. The molecule has 2 aromatic heterocycles. The maximum atomic E-state index is 13.4. The Morgan fingerprint density at radius 2 is 2.06 bits per heavy atom. The van der Waals surface area contributed by atoms with E-state index in [0.29, 0.717) is 13.0 Å². The number of aromatic nitrogens is 3. The lowest BCUT2D eigenvalue weighted by Crippen LogP contribution is -2.49. The van der Waals surface area contributed by atoms with E-state index in [-0.39, 0.29) is 23.9 Å². The number of pyridine rings is 1. The second-order valence-electron chi connectivity index (χ2n) is 8.96. The minimum absolute atomic E-state index is 0.0292. The molecule has 0 unspecified atom stereocenters. The number of amides is 2. The van der Waals surface area contributed by atoms with E-state index in [2.05, 4.69) is 29.2 Å². The van der Waals surface area contributed by atoms with Gasteiger partial charge in [0.1, 0.15) is 0 Å². The van der Waals surface area contributed by atoms with Crippen LogP contribution in [0.25, 0.3) is 0 Å². The maximum absolute atomic E-state index is 13.4. The highest BCUT2D eigenvalue weighted by Gasteiger charge is 2.60. The van der Waals surface area contributed by atoms with Gasteiger partial charge in [0.25, 0.3) is 0 Å². The molecule has 166 valence electrons. The number of carbonyl (C=O) groups is 2. The average Bonchev–Trinajstić information content (AvgIpc) is 3.45. The number of nitrogens with one attached hydrogen (secondary N) is 1. The topological polar surface area (TPSA) is 80.1 Å². The van der Waals surface area contributed by atoms with Crippen molar-refractivity contribution in [2.24, 2.45) is 5.41 Å². The van der Waals surface area contributed by atoms with Gasteiger partial charge in [-0.25, -0.2) is 0 Å². The third-order valence-electron chi connectivity index (χ3n) is 7.49. The zero-order valence-electron chi connectivity index (χ0n) is 19.0. The fraction of sp³-hybridized carbons (Fsp3) is 0.583. The second kappa shape index (κ2) is 8.44. The van der Waals surface area contributed by atoms with E-state index < -0.39 is 5.41 Å². The molecule has 1 N–H and O–H groups in total. The zero-order chi connectivity index (χ0) is 22.2. The molecule has 0 radical (unpaired) electrons. The van der Waals surface area contributed by atoms with Crippen LogP contribution in [0.2, 0.25) is 0 Å². The van der Waals surface area contributed by atoms with Crippen molar-refractivity contribution in [2.45, 2.75) is 85.0 Å². The van der Waals surface area contributed by atoms with Gasteiger partial charge in [-0.3, -0.25) is 19.3 Å². The van der Waals surface area contributed by atoms with Crippen LogP contribution in [0.1, 0.15) is 62.0 Å². The quantitative estimate of drug-likeness (QED) is 0.743. The number of hydrogen-bond acceptors (Lipinski definition) is 4. The Morgan fingerprint density at radius 1 is 1.26 bits per heavy atom. The molecule has 2 aliphatic rings. The molecule has 0 aliphatic carbocycles. The standard InChI is InChI=1S/C24H33N5O2/c1-5-24(23(31)26-14-18-15-27-28(6-2)17(18)4)13-19-9-10-21(24)29(19)22(30)12-20-16(3)8-7-11-25-20/h7-8,11,15,19,21H,5-6,9-10,12-14H2,1-4H3,(H,26,31)/t19-,21+,24+/m1/s1. The number of hydrogen-bond donors (Lipinski definition) is 1. The number of rotatable bonds is 7. The van der Waals surface area contributed by atoms with Crippen LogP contribution in [-0.4, -0.2) is 43.6 Å². The molecule has 7 nitrogen and oxygen atoms in total. The summed E-state index contributed by atoms with van der Waals surface area (Å²) in [7, 11) is 0. The van der Waals surface area contributed by atoms with Crippen molar-refractivity contribution in [3.63, 3.8) is 0 Å². The van der Waals surface area contributed by atoms with Gasteiger partial charge < -0.3 is 10.2 Å². The van der Waals surface area contributed by atoms with E-state index in [1.54, 1.807) is 6.20 Å². The van der Waals surface area contributed by atoms with Gasteiger partial charge in [0.2, 0.25) is 11.8 Å². The van der Waals surface area contributed by atoms with Gasteiger partial charge in [0.05, 0.1) is 23.7 Å². The summed E-state index contributed by atoms with van der Waals surface area (Å²) in [5, 5.41) is 7.55. The molecule has 7 heteroatoms. The van der Waals surface area contributed by atoms with Gasteiger partial charge in [0, 0.05) is 42.6 Å². The van der Waals surface area contributed by atoms with E-state index in [9.17, 15) is 9.59 Å². The summed E-state index contributed by atoms with van der Waals surface area (Å²) in [6.45, 7) is 9.44. The summed E-state index contributed by atoms with van der Waals surface area (Å²) in [6, 6.07) is 4.00. The minimum atomic E-state index is -0.508. The molecule has 0 aromatic carbocycles. The summed E-state index contributed by atoms with van der Waals surface area (Å²) in [5.74, 6) is 0.162. The lowest BCUT2D eigenvalue weighted by atomic mass is 9.71. The molecule has 2 aliphatic heterocycles. The summed E-state index contributed by atoms with van der Waals surface area (Å²) < 4.78 is 1.94. The van der Waals surface area contributed by atoms with Crippen molar-refractivity contribution in [1.82, 2.24) is 25.0 Å². The van der Waals surface area contributed by atoms with Crippen molar-refractivity contribution >= 4 is 11.8 Å². The Bertz CT molecular complexity index is 984. The molecule has 4 rings (SSSR count). The Hall–Kier alpha value is -2.70. The molecule has 3 atom stereocenters. The normalized spacial score (nSPS) is 24.6. The highest BCUT2D eigenvalue weighted by Crippen LogP contribution is 2.52. The number of fused-ring (bicyclic) bond motifs is 2. The average molecular weight is 424 g/mol. The van der Waals surface area contributed by atoms with Crippen molar-refractivity contribution in [2.75, 3.05) is 0 Å². The van der Waals surface area contributed by atoms with Gasteiger partial charge in [0.15, 0.2) is 0 Å². The highest BCUT2D eigenvalue weighted by atomic mass is 16.2. The van der Waals surface area contributed by atoms with Gasteiger partial charge in [-0.1, -0.05) is 13.0 Å². The van der Waals surface area contributed by atoms with Crippen LogP contribution in [0.3, 0.4) is 0 Å². The van der Waals surface area contributed by atoms with E-state index in [1.807, 2.05) is 41.8 Å². The maximum Gasteiger partial charge on any atom is 0.229 e. The smallest absolute Gasteiger partial charge is 0.229 e. The van der Waals surface area contributed by atoms with E-state index in [0.717, 1.165) is 54.7 Å². The molecule has 2 saturated heterocycles. The Kier molecular flexibility index (Phi) is 5.86. The molecule has 2 fully saturated rings. The van der Waals surface area contributed by atoms with Crippen molar-refractivity contribution in [3.05, 3.63) is 47.0 Å². The number of nitrogens with zero attached hydrogens (tertiary/aromatic N) is 4. The molecule has 0 spiro atoms. The molecule has 2 aromatic rings. The first-order valence-corrected chi connectivity index (χ1v) is 11.4. The molecule has 4 heterocycles. The highest BCUT2D eigenvalue weighted by molar-refractivity contribution is 5.87.